The number of fused-ring (bicyclic) bond motifs is 1. The van der Waals surface area contributed by atoms with Gasteiger partial charge < -0.3 is 5.32 Å². The van der Waals surface area contributed by atoms with Gasteiger partial charge in [-0.05, 0) is 36.6 Å². The molecule has 1 aromatic carbocycles. The van der Waals surface area contributed by atoms with Gasteiger partial charge in [-0.3, -0.25) is 4.90 Å². The van der Waals surface area contributed by atoms with Crippen molar-refractivity contribution < 1.29 is 8.42 Å². The number of rotatable bonds is 6. The second-order valence-corrected chi connectivity index (χ2v) is 10.9. The number of nitrogens with one attached hydrogen (secondary N) is 1. The number of nitrogens with zero attached hydrogens (tertiary/aromatic N) is 4. The minimum atomic E-state index is -3.59. The molecule has 1 fully saturated rings. The fraction of sp³-hybridized carbons (Fsp3) is 0.368. The van der Waals surface area contributed by atoms with Crippen LogP contribution < -0.4 is 5.32 Å². The second kappa shape index (κ2) is 8.94. The van der Waals surface area contributed by atoms with Crippen molar-refractivity contribution in [3.8, 4) is 0 Å². The highest BCUT2D eigenvalue weighted by Crippen LogP contribution is 2.27. The number of thiophene rings is 1. The third-order valence-electron chi connectivity index (χ3n) is 5.02. The maximum atomic E-state index is 12.9. The number of anilines is 1. The van der Waals surface area contributed by atoms with Crippen molar-refractivity contribution in [3.63, 3.8) is 0 Å². The van der Waals surface area contributed by atoms with Crippen molar-refractivity contribution in [1.82, 2.24) is 19.2 Å². The summed E-state index contributed by atoms with van der Waals surface area (Å²) in [7, 11) is -3.59. The van der Waals surface area contributed by atoms with Crippen molar-refractivity contribution in [2.24, 2.45) is 0 Å². The van der Waals surface area contributed by atoms with Gasteiger partial charge in [-0.2, -0.15) is 4.31 Å². The number of hydrogen-bond donors (Lipinski definition) is 1. The van der Waals surface area contributed by atoms with Crippen LogP contribution in [0.2, 0.25) is 10.0 Å². The number of benzene rings is 1. The van der Waals surface area contributed by atoms with E-state index in [9.17, 15) is 8.42 Å². The lowest BCUT2D eigenvalue weighted by Gasteiger charge is -2.35. The maximum Gasteiger partial charge on any atom is 0.243 e. The first-order valence-electron chi connectivity index (χ1n) is 9.47. The molecule has 0 unspecified atom stereocenters. The van der Waals surface area contributed by atoms with Gasteiger partial charge in [-0.15, -0.1) is 11.3 Å². The molecule has 2 aromatic heterocycles. The van der Waals surface area contributed by atoms with E-state index in [1.54, 1.807) is 17.7 Å². The van der Waals surface area contributed by atoms with E-state index in [0.29, 0.717) is 31.2 Å². The van der Waals surface area contributed by atoms with Crippen LogP contribution in [0.5, 0.6) is 0 Å². The van der Waals surface area contributed by atoms with Crippen LogP contribution in [0.15, 0.2) is 40.9 Å². The summed E-state index contributed by atoms with van der Waals surface area (Å²) in [6.07, 6.45) is 1.57. The molecule has 0 saturated carbocycles. The van der Waals surface area contributed by atoms with Crippen LogP contribution in [0, 0.1) is 0 Å². The molecule has 0 bridgehead atoms. The Morgan fingerprint density at radius 3 is 2.63 bits per heavy atom. The third kappa shape index (κ3) is 4.56. The fourth-order valence-corrected chi connectivity index (χ4v) is 6.11. The summed E-state index contributed by atoms with van der Waals surface area (Å²) in [6, 6.07) is 6.55. The van der Waals surface area contributed by atoms with Gasteiger partial charge in [0.05, 0.1) is 25.2 Å². The van der Waals surface area contributed by atoms with Crippen molar-refractivity contribution in [3.05, 3.63) is 46.0 Å². The van der Waals surface area contributed by atoms with Crippen molar-refractivity contribution in [1.29, 1.82) is 0 Å². The molecular weight excluding hydrogens is 465 g/mol. The van der Waals surface area contributed by atoms with Crippen LogP contribution >= 0.6 is 34.5 Å². The molecule has 0 spiro atoms. The molecule has 30 heavy (non-hydrogen) atoms. The van der Waals surface area contributed by atoms with Gasteiger partial charge in [0.15, 0.2) is 0 Å². The molecule has 0 amide bonds. The standard InChI is InChI=1S/C19H21Cl2N5O2S2/c1-13(24-19-18-17(4-9-29-18)22-12-23-19)11-25-5-7-26(8-6-25)30(27,28)14-2-3-15(20)16(21)10-14/h2-4,9-10,12-13H,5-8,11H2,1H3,(H,22,23,24)/t13-/m0/s1. The summed E-state index contributed by atoms with van der Waals surface area (Å²) in [6.45, 7) is 5.06. The van der Waals surface area contributed by atoms with Crippen LogP contribution in [0.4, 0.5) is 5.82 Å². The largest absolute Gasteiger partial charge is 0.365 e. The van der Waals surface area contributed by atoms with Gasteiger partial charge in [0.25, 0.3) is 0 Å². The Balaban J connectivity index is 1.35. The Morgan fingerprint density at radius 1 is 1.13 bits per heavy atom. The molecule has 11 heteroatoms. The first kappa shape index (κ1) is 21.7. The molecule has 3 heterocycles. The molecule has 7 nitrogen and oxygen atoms in total. The number of halogens is 2. The summed E-state index contributed by atoms with van der Waals surface area (Å²) in [5, 5.41) is 6.03. The molecule has 0 radical (unpaired) electrons. The lowest BCUT2D eigenvalue weighted by atomic mass is 10.2. The lowest BCUT2D eigenvalue weighted by molar-refractivity contribution is 0.184. The number of hydrogen-bond acceptors (Lipinski definition) is 7. The lowest BCUT2D eigenvalue weighted by Crippen LogP contribution is -2.50. The highest BCUT2D eigenvalue weighted by molar-refractivity contribution is 7.89. The minimum Gasteiger partial charge on any atom is -0.365 e. The predicted molar refractivity (Wildman–Crippen MR) is 122 cm³/mol. The van der Waals surface area contributed by atoms with Crippen molar-refractivity contribution in [2.75, 3.05) is 38.0 Å². The molecule has 4 rings (SSSR count). The normalized spacial score (nSPS) is 17.3. The minimum absolute atomic E-state index is 0.156. The van der Waals surface area contributed by atoms with Crippen LogP contribution in [0.3, 0.4) is 0 Å². The van der Waals surface area contributed by atoms with Gasteiger partial charge in [-0.25, -0.2) is 18.4 Å². The number of sulfonamides is 1. The zero-order valence-electron chi connectivity index (χ0n) is 16.3. The van der Waals surface area contributed by atoms with Gasteiger partial charge in [-0.1, -0.05) is 23.2 Å². The van der Waals surface area contributed by atoms with Crippen LogP contribution in [0.1, 0.15) is 6.92 Å². The smallest absolute Gasteiger partial charge is 0.243 e. The maximum absolute atomic E-state index is 12.9. The van der Waals surface area contributed by atoms with E-state index < -0.39 is 10.0 Å². The molecule has 1 N–H and O–H groups in total. The van der Waals surface area contributed by atoms with E-state index in [1.807, 2.05) is 11.4 Å². The van der Waals surface area contributed by atoms with Gasteiger partial charge >= 0.3 is 0 Å². The zero-order chi connectivity index (χ0) is 21.3. The van der Waals surface area contributed by atoms with Crippen LogP contribution in [0.25, 0.3) is 10.2 Å². The van der Waals surface area contributed by atoms with Gasteiger partial charge in [0.1, 0.15) is 12.1 Å². The fourth-order valence-electron chi connectivity index (χ4n) is 3.50. The molecule has 1 atom stereocenters. The first-order valence-corrected chi connectivity index (χ1v) is 12.5. The Hall–Kier alpha value is -1.49. The summed E-state index contributed by atoms with van der Waals surface area (Å²) >= 11 is 13.5. The summed E-state index contributed by atoms with van der Waals surface area (Å²) in [4.78, 5) is 11.1. The van der Waals surface area contributed by atoms with Gasteiger partial charge in [0.2, 0.25) is 10.0 Å². The quantitative estimate of drug-likeness (QED) is 0.571. The Bertz CT molecular complexity index is 1150. The highest BCUT2D eigenvalue weighted by Gasteiger charge is 2.29. The van der Waals surface area contributed by atoms with Crippen LogP contribution in [-0.2, 0) is 10.0 Å². The number of aromatic nitrogens is 2. The average Bonchev–Trinajstić information content (AvgIpc) is 3.20. The molecule has 160 valence electrons. The van der Waals surface area contributed by atoms with E-state index in [2.05, 4.69) is 27.1 Å². The number of piperazine rings is 1. The van der Waals surface area contributed by atoms with Gasteiger partial charge in [0, 0.05) is 38.8 Å². The van der Waals surface area contributed by atoms with E-state index in [-0.39, 0.29) is 16.0 Å². The Morgan fingerprint density at radius 2 is 1.90 bits per heavy atom. The zero-order valence-corrected chi connectivity index (χ0v) is 19.4. The summed E-state index contributed by atoms with van der Waals surface area (Å²) in [5.41, 5.74) is 0.936. The molecule has 0 aliphatic carbocycles. The first-order chi connectivity index (χ1) is 14.3. The van der Waals surface area contributed by atoms with E-state index in [4.69, 9.17) is 23.2 Å². The van der Waals surface area contributed by atoms with Crippen molar-refractivity contribution in [2.45, 2.75) is 17.9 Å². The average molecular weight is 486 g/mol. The van der Waals surface area contributed by atoms with Crippen molar-refractivity contribution >= 4 is 60.6 Å². The molecule has 1 aliphatic heterocycles. The van der Waals surface area contributed by atoms with E-state index in [1.165, 1.54) is 22.5 Å². The monoisotopic (exact) mass is 485 g/mol. The summed E-state index contributed by atoms with van der Waals surface area (Å²) < 4.78 is 28.3. The van der Waals surface area contributed by atoms with E-state index >= 15 is 0 Å². The SMILES string of the molecule is C[C@@H](CN1CCN(S(=O)(=O)c2ccc(Cl)c(Cl)c2)CC1)Nc1ncnc2ccsc12. The molecular formula is C19H21Cl2N5O2S2. The molecule has 1 saturated heterocycles. The Kier molecular flexibility index (Phi) is 6.47. The summed E-state index contributed by atoms with van der Waals surface area (Å²) in [5.74, 6) is 0.836. The second-order valence-electron chi connectivity index (χ2n) is 7.18. The highest BCUT2D eigenvalue weighted by atomic mass is 35.5. The topological polar surface area (TPSA) is 78.4 Å². The van der Waals surface area contributed by atoms with Crippen LogP contribution in [-0.4, -0.2) is 66.4 Å². The van der Waals surface area contributed by atoms with E-state index in [0.717, 1.165) is 22.6 Å². The third-order valence-corrected chi connectivity index (χ3v) is 8.56. The Labute approximate surface area is 189 Å². The predicted octanol–water partition coefficient (Wildman–Crippen LogP) is 3.81. The molecule has 1 aliphatic rings. The molecule has 3 aromatic rings.